The maximum Gasteiger partial charge on any atom is 0.243 e. The van der Waals surface area contributed by atoms with Crippen molar-refractivity contribution in [2.75, 3.05) is 39.3 Å². The van der Waals surface area contributed by atoms with Gasteiger partial charge in [0.05, 0.1) is 16.4 Å². The number of nitrogens with zero attached hydrogens (tertiary/aromatic N) is 4. The summed E-state index contributed by atoms with van der Waals surface area (Å²) in [7, 11) is -3.52. The number of likely N-dealkylation sites (tertiary alicyclic amines) is 3. The molecule has 7 nitrogen and oxygen atoms in total. The van der Waals surface area contributed by atoms with Gasteiger partial charge in [0.1, 0.15) is 0 Å². The molecule has 1 aliphatic carbocycles. The molecule has 208 valence electrons. The van der Waals surface area contributed by atoms with Crippen LogP contribution < -0.4 is 0 Å². The van der Waals surface area contributed by atoms with E-state index in [2.05, 4.69) is 27.9 Å². The van der Waals surface area contributed by atoms with Gasteiger partial charge in [-0.3, -0.25) is 9.69 Å². The zero-order valence-corrected chi connectivity index (χ0v) is 23.6. The van der Waals surface area contributed by atoms with Gasteiger partial charge in [0.25, 0.3) is 0 Å². The average Bonchev–Trinajstić information content (AvgIpc) is 3.59. The Kier molecular flexibility index (Phi) is 7.34. The number of terminal acetylenes is 1. The van der Waals surface area contributed by atoms with Gasteiger partial charge >= 0.3 is 0 Å². The first-order valence-corrected chi connectivity index (χ1v) is 16.1. The molecule has 1 spiro atoms. The van der Waals surface area contributed by atoms with Crippen molar-refractivity contribution in [2.24, 2.45) is 5.41 Å². The van der Waals surface area contributed by atoms with Crippen molar-refractivity contribution < 1.29 is 13.2 Å². The molecule has 1 aromatic rings. The van der Waals surface area contributed by atoms with E-state index < -0.39 is 15.4 Å². The quantitative estimate of drug-likeness (QED) is 0.524. The third-order valence-corrected chi connectivity index (χ3v) is 11.8. The van der Waals surface area contributed by atoms with Gasteiger partial charge in [-0.05, 0) is 88.6 Å². The third-order valence-electron chi connectivity index (χ3n) is 9.85. The third kappa shape index (κ3) is 4.94. The minimum absolute atomic E-state index is 0.192. The summed E-state index contributed by atoms with van der Waals surface area (Å²) in [4.78, 5) is 21.1. The van der Waals surface area contributed by atoms with Crippen molar-refractivity contribution in [2.45, 2.75) is 74.8 Å². The van der Waals surface area contributed by atoms with Gasteiger partial charge in [-0.1, -0.05) is 24.1 Å². The van der Waals surface area contributed by atoms with Crippen LogP contribution in [0.2, 0.25) is 0 Å². The predicted molar refractivity (Wildman–Crippen MR) is 152 cm³/mol. The molecule has 39 heavy (non-hydrogen) atoms. The lowest BCUT2D eigenvalue weighted by Crippen LogP contribution is -2.46. The largest absolute Gasteiger partial charge is 0.375 e. The number of hydrogen-bond acceptors (Lipinski definition) is 5. The molecule has 4 aliphatic heterocycles. The van der Waals surface area contributed by atoms with Crippen LogP contribution in [0.3, 0.4) is 0 Å². The van der Waals surface area contributed by atoms with Crippen LogP contribution in [0.25, 0.3) is 0 Å². The van der Waals surface area contributed by atoms with Gasteiger partial charge in [0.15, 0.2) is 0 Å². The standard InChI is InChI=1S/C31H40N4O3S/c1-2-25-7-6-19-34(25)28-14-20-32(21-15-28)26-10-12-27(13-11-26)35-24-18-31(30(35)36)16-22-33(23-17-31)39(37,38)29-8-4-3-5-9-29/h1,3-5,8-10,12,25,28H,6-7,11,13-24H2/t25-/m0/s1. The van der Waals surface area contributed by atoms with E-state index in [1.807, 2.05) is 11.0 Å². The van der Waals surface area contributed by atoms with E-state index in [0.29, 0.717) is 42.9 Å². The van der Waals surface area contributed by atoms with E-state index in [1.54, 1.807) is 28.6 Å². The van der Waals surface area contributed by atoms with E-state index in [1.165, 1.54) is 12.1 Å². The Bertz CT molecular complexity index is 1280. The minimum Gasteiger partial charge on any atom is -0.375 e. The van der Waals surface area contributed by atoms with Gasteiger partial charge < -0.3 is 9.80 Å². The van der Waals surface area contributed by atoms with Crippen LogP contribution in [0, 0.1) is 17.8 Å². The lowest BCUT2D eigenvalue weighted by molar-refractivity contribution is -0.136. The van der Waals surface area contributed by atoms with Crippen molar-refractivity contribution >= 4 is 15.9 Å². The fraction of sp³-hybridized carbons (Fsp3) is 0.581. The maximum atomic E-state index is 13.7. The van der Waals surface area contributed by atoms with E-state index in [-0.39, 0.29) is 5.91 Å². The summed E-state index contributed by atoms with van der Waals surface area (Å²) in [5.74, 6) is 3.18. The molecule has 4 saturated heterocycles. The predicted octanol–water partition coefficient (Wildman–Crippen LogP) is 3.81. The van der Waals surface area contributed by atoms with E-state index in [0.717, 1.165) is 70.4 Å². The van der Waals surface area contributed by atoms with Crippen LogP contribution in [-0.4, -0.2) is 84.7 Å². The Morgan fingerprint density at radius 3 is 2.18 bits per heavy atom. The van der Waals surface area contributed by atoms with Crippen molar-refractivity contribution in [3.05, 3.63) is 53.9 Å². The van der Waals surface area contributed by atoms with Crippen molar-refractivity contribution in [3.8, 4) is 12.3 Å². The van der Waals surface area contributed by atoms with E-state index in [9.17, 15) is 13.2 Å². The Hall–Kier alpha value is -2.60. The smallest absolute Gasteiger partial charge is 0.243 e. The molecule has 4 heterocycles. The number of carbonyl (C=O) groups is 1. The molecule has 0 radical (unpaired) electrons. The summed E-state index contributed by atoms with van der Waals surface area (Å²) in [6.07, 6.45) is 18.7. The van der Waals surface area contributed by atoms with Crippen molar-refractivity contribution in [1.29, 1.82) is 0 Å². The van der Waals surface area contributed by atoms with Crippen LogP contribution in [0.5, 0.6) is 0 Å². The second kappa shape index (κ2) is 10.8. The molecule has 6 rings (SSSR count). The highest BCUT2D eigenvalue weighted by Crippen LogP contribution is 2.44. The first kappa shape index (κ1) is 26.6. The number of hydrogen-bond donors (Lipinski definition) is 0. The number of rotatable bonds is 5. The number of piperidine rings is 2. The highest BCUT2D eigenvalue weighted by Gasteiger charge is 2.50. The summed E-state index contributed by atoms with van der Waals surface area (Å²) < 4.78 is 27.7. The van der Waals surface area contributed by atoms with Crippen LogP contribution in [0.15, 0.2) is 58.8 Å². The molecule has 1 amide bonds. The molecular weight excluding hydrogens is 508 g/mol. The number of benzene rings is 1. The molecule has 5 aliphatic rings. The summed E-state index contributed by atoms with van der Waals surface area (Å²) in [6, 6.07) is 9.53. The van der Waals surface area contributed by atoms with Crippen LogP contribution >= 0.6 is 0 Å². The second-order valence-corrected chi connectivity index (χ2v) is 13.7. The molecule has 0 bridgehead atoms. The zero-order valence-electron chi connectivity index (χ0n) is 22.8. The van der Waals surface area contributed by atoms with E-state index >= 15 is 0 Å². The summed E-state index contributed by atoms with van der Waals surface area (Å²) in [5, 5.41) is 0. The minimum atomic E-state index is -3.52. The summed E-state index contributed by atoms with van der Waals surface area (Å²) in [6.45, 7) is 4.81. The Balaban J connectivity index is 1.05. The zero-order chi connectivity index (χ0) is 27.0. The number of allylic oxidation sites excluding steroid dienone is 4. The first-order valence-electron chi connectivity index (χ1n) is 14.6. The van der Waals surface area contributed by atoms with Gasteiger partial charge in [-0.2, -0.15) is 4.31 Å². The maximum absolute atomic E-state index is 13.7. The molecule has 0 saturated carbocycles. The van der Waals surface area contributed by atoms with Gasteiger partial charge in [-0.15, -0.1) is 6.42 Å². The lowest BCUT2D eigenvalue weighted by Gasteiger charge is -2.41. The SMILES string of the molecule is C#C[C@H]1CCCN1C1CCN(C2=CC=C(N3CCC4(CCN(S(=O)(=O)c5ccccc5)CC4)C3=O)CC2)CC1. The fourth-order valence-corrected chi connectivity index (χ4v) is 8.91. The Morgan fingerprint density at radius 2 is 1.51 bits per heavy atom. The van der Waals surface area contributed by atoms with Crippen molar-refractivity contribution in [1.82, 2.24) is 19.0 Å². The van der Waals surface area contributed by atoms with Crippen molar-refractivity contribution in [3.63, 3.8) is 0 Å². The van der Waals surface area contributed by atoms with E-state index in [4.69, 9.17) is 6.42 Å². The monoisotopic (exact) mass is 548 g/mol. The number of carbonyl (C=O) groups excluding carboxylic acids is 1. The summed E-state index contributed by atoms with van der Waals surface area (Å²) >= 11 is 0. The molecular formula is C31H40N4O3S. The highest BCUT2D eigenvalue weighted by molar-refractivity contribution is 7.89. The van der Waals surface area contributed by atoms with Gasteiger partial charge in [0, 0.05) is 50.2 Å². The average molecular weight is 549 g/mol. The molecule has 1 aromatic carbocycles. The number of amides is 1. The van der Waals surface area contributed by atoms with Crippen LogP contribution in [-0.2, 0) is 14.8 Å². The Labute approximate surface area is 233 Å². The highest BCUT2D eigenvalue weighted by atomic mass is 32.2. The Morgan fingerprint density at radius 1 is 0.846 bits per heavy atom. The normalized spacial score (nSPS) is 27.1. The second-order valence-electron chi connectivity index (χ2n) is 11.8. The lowest BCUT2D eigenvalue weighted by atomic mass is 9.77. The van der Waals surface area contributed by atoms with Crippen LogP contribution in [0.4, 0.5) is 0 Å². The first-order chi connectivity index (χ1) is 18.9. The molecule has 8 heteroatoms. The molecule has 0 N–H and O–H groups in total. The molecule has 0 aromatic heterocycles. The van der Waals surface area contributed by atoms with Crippen LogP contribution in [0.1, 0.15) is 57.8 Å². The molecule has 0 unspecified atom stereocenters. The fourth-order valence-electron chi connectivity index (χ4n) is 7.45. The van der Waals surface area contributed by atoms with Gasteiger partial charge in [-0.25, -0.2) is 8.42 Å². The number of sulfonamides is 1. The molecule has 4 fully saturated rings. The summed E-state index contributed by atoms with van der Waals surface area (Å²) in [5.41, 5.74) is 2.07. The molecule has 1 atom stereocenters. The van der Waals surface area contributed by atoms with Gasteiger partial charge in [0.2, 0.25) is 15.9 Å². The topological polar surface area (TPSA) is 64.2 Å².